The number of hydrogen-bond donors (Lipinski definition) is 1. The fourth-order valence-electron chi connectivity index (χ4n) is 3.39. The summed E-state index contributed by atoms with van der Waals surface area (Å²) >= 11 is 0. The molecule has 1 saturated carbocycles. The monoisotopic (exact) mass is 354 g/mol. The first-order chi connectivity index (χ1) is 12.6. The van der Waals surface area contributed by atoms with Crippen molar-refractivity contribution in [3.05, 3.63) is 69.8 Å². The minimum atomic E-state index is -0.529. The second-order valence-electron chi connectivity index (χ2n) is 6.56. The molecule has 2 aromatic carbocycles. The molecule has 0 bridgehead atoms. The van der Waals surface area contributed by atoms with Crippen LogP contribution in [0.1, 0.15) is 42.1 Å². The van der Waals surface area contributed by atoms with Crippen LogP contribution >= 0.6 is 0 Å². The van der Waals surface area contributed by atoms with Gasteiger partial charge in [0.05, 0.1) is 11.5 Å². The Bertz CT molecular complexity index is 801. The Morgan fingerprint density at radius 2 is 1.96 bits per heavy atom. The maximum Gasteiger partial charge on any atom is 0.311 e. The average Bonchev–Trinajstić information content (AvgIpc) is 2.62. The Morgan fingerprint density at radius 3 is 2.54 bits per heavy atom. The van der Waals surface area contributed by atoms with Crippen LogP contribution in [-0.4, -0.2) is 24.0 Å². The van der Waals surface area contributed by atoms with Gasteiger partial charge in [-0.3, -0.25) is 14.9 Å². The normalized spacial score (nSPS) is 15.0. The number of carbonyl (C=O) groups excluding carboxylic acids is 1. The van der Waals surface area contributed by atoms with Crippen molar-refractivity contribution in [3.8, 4) is 5.75 Å². The highest BCUT2D eigenvalue weighted by atomic mass is 16.6. The van der Waals surface area contributed by atoms with E-state index in [2.05, 4.69) is 17.4 Å². The van der Waals surface area contributed by atoms with E-state index in [-0.39, 0.29) is 28.3 Å². The first-order valence-electron chi connectivity index (χ1n) is 8.81. The number of ether oxygens (including phenoxy) is 1. The van der Waals surface area contributed by atoms with Crippen molar-refractivity contribution >= 4 is 11.6 Å². The molecule has 0 aliphatic heterocycles. The van der Waals surface area contributed by atoms with Gasteiger partial charge in [0.25, 0.3) is 5.91 Å². The summed E-state index contributed by atoms with van der Waals surface area (Å²) < 4.78 is 5.26. The van der Waals surface area contributed by atoms with Gasteiger partial charge in [0, 0.05) is 23.6 Å². The zero-order valence-electron chi connectivity index (χ0n) is 14.7. The number of rotatable bonds is 7. The van der Waals surface area contributed by atoms with Crippen LogP contribution in [0.2, 0.25) is 0 Å². The van der Waals surface area contributed by atoms with E-state index in [0.29, 0.717) is 13.2 Å². The van der Waals surface area contributed by atoms with Gasteiger partial charge in [0.1, 0.15) is 0 Å². The zero-order chi connectivity index (χ0) is 18.6. The predicted octanol–water partition coefficient (Wildman–Crippen LogP) is 3.85. The van der Waals surface area contributed by atoms with E-state index >= 15 is 0 Å². The smallest absolute Gasteiger partial charge is 0.311 e. The quantitative estimate of drug-likeness (QED) is 0.605. The van der Waals surface area contributed by atoms with Gasteiger partial charge in [-0.2, -0.15) is 0 Å². The second kappa shape index (κ2) is 7.56. The number of nitro groups is 1. The Kier molecular flexibility index (Phi) is 5.21. The van der Waals surface area contributed by atoms with E-state index < -0.39 is 4.92 Å². The molecule has 0 saturated heterocycles. The summed E-state index contributed by atoms with van der Waals surface area (Å²) in [6.07, 6.45) is 3.20. The van der Waals surface area contributed by atoms with Crippen molar-refractivity contribution < 1.29 is 14.5 Å². The lowest BCUT2D eigenvalue weighted by Crippen LogP contribution is -2.45. The van der Waals surface area contributed by atoms with Crippen LogP contribution in [0.15, 0.2) is 48.5 Å². The number of amides is 1. The molecule has 0 aromatic heterocycles. The van der Waals surface area contributed by atoms with Crippen molar-refractivity contribution in [3.63, 3.8) is 0 Å². The summed E-state index contributed by atoms with van der Waals surface area (Å²) in [7, 11) is 0. The summed E-state index contributed by atoms with van der Waals surface area (Å²) in [6, 6.07) is 14.5. The van der Waals surface area contributed by atoms with Crippen molar-refractivity contribution in [2.24, 2.45) is 0 Å². The molecule has 26 heavy (non-hydrogen) atoms. The Balaban J connectivity index is 1.74. The van der Waals surface area contributed by atoms with Gasteiger partial charge in [-0.15, -0.1) is 0 Å². The SMILES string of the molecule is CCOc1ccc(C(=O)NCC2(c3ccccc3)CCC2)cc1[N+](=O)[O-]. The van der Waals surface area contributed by atoms with Gasteiger partial charge in [-0.1, -0.05) is 36.8 Å². The van der Waals surface area contributed by atoms with Crippen molar-refractivity contribution in [2.45, 2.75) is 31.6 Å². The molecule has 3 rings (SSSR count). The van der Waals surface area contributed by atoms with Crippen molar-refractivity contribution in [2.75, 3.05) is 13.2 Å². The van der Waals surface area contributed by atoms with E-state index in [9.17, 15) is 14.9 Å². The van der Waals surface area contributed by atoms with Gasteiger partial charge < -0.3 is 10.1 Å². The minimum Gasteiger partial charge on any atom is -0.487 e. The summed E-state index contributed by atoms with van der Waals surface area (Å²) in [6.45, 7) is 2.61. The van der Waals surface area contributed by atoms with Crippen LogP contribution in [0.25, 0.3) is 0 Å². The summed E-state index contributed by atoms with van der Waals surface area (Å²) in [5.74, 6) is -0.132. The number of hydrogen-bond acceptors (Lipinski definition) is 4. The first kappa shape index (κ1) is 17.9. The minimum absolute atomic E-state index is 0.0336. The molecule has 2 aromatic rings. The lowest BCUT2D eigenvalue weighted by Gasteiger charge is -2.42. The van der Waals surface area contributed by atoms with Gasteiger partial charge in [-0.25, -0.2) is 0 Å². The van der Waals surface area contributed by atoms with Gasteiger partial charge in [0.2, 0.25) is 0 Å². The van der Waals surface area contributed by atoms with Crippen LogP contribution in [0.4, 0.5) is 5.69 Å². The molecule has 136 valence electrons. The summed E-state index contributed by atoms with van der Waals surface area (Å²) in [4.78, 5) is 23.2. The van der Waals surface area contributed by atoms with Crippen molar-refractivity contribution in [1.29, 1.82) is 0 Å². The number of nitrogens with one attached hydrogen (secondary N) is 1. The van der Waals surface area contributed by atoms with E-state index in [1.54, 1.807) is 13.0 Å². The fraction of sp³-hybridized carbons (Fsp3) is 0.350. The molecular weight excluding hydrogens is 332 g/mol. The lowest BCUT2D eigenvalue weighted by molar-refractivity contribution is -0.385. The fourth-order valence-corrected chi connectivity index (χ4v) is 3.39. The molecular formula is C20H22N2O4. The average molecular weight is 354 g/mol. The molecule has 1 aliphatic rings. The Morgan fingerprint density at radius 1 is 1.23 bits per heavy atom. The molecule has 0 spiro atoms. The summed E-state index contributed by atoms with van der Waals surface area (Å²) in [5.41, 5.74) is 1.27. The maximum absolute atomic E-state index is 12.5. The van der Waals surface area contributed by atoms with Gasteiger partial charge >= 0.3 is 5.69 Å². The largest absolute Gasteiger partial charge is 0.487 e. The number of nitrogens with zero attached hydrogens (tertiary/aromatic N) is 1. The third-order valence-corrected chi connectivity index (χ3v) is 5.00. The lowest BCUT2D eigenvalue weighted by atomic mass is 9.64. The molecule has 1 N–H and O–H groups in total. The third-order valence-electron chi connectivity index (χ3n) is 5.00. The molecule has 0 heterocycles. The topological polar surface area (TPSA) is 81.5 Å². The van der Waals surface area contributed by atoms with Crippen molar-refractivity contribution in [1.82, 2.24) is 5.32 Å². The zero-order valence-corrected chi connectivity index (χ0v) is 14.7. The number of benzene rings is 2. The van der Waals surface area contributed by atoms with E-state index in [1.807, 2.05) is 18.2 Å². The van der Waals surface area contributed by atoms with Crippen LogP contribution in [0.5, 0.6) is 5.75 Å². The molecule has 1 amide bonds. The molecule has 0 radical (unpaired) electrons. The Hall–Kier alpha value is -2.89. The molecule has 0 atom stereocenters. The molecule has 6 nitrogen and oxygen atoms in total. The standard InChI is InChI=1S/C20H22N2O4/c1-2-26-18-10-9-15(13-17(18)22(24)25)19(23)21-14-20(11-6-12-20)16-7-4-3-5-8-16/h3-5,7-10,13H,2,6,11-12,14H2,1H3,(H,21,23). The Labute approximate surface area is 152 Å². The van der Waals surface area contributed by atoms with E-state index in [0.717, 1.165) is 19.3 Å². The van der Waals surface area contributed by atoms with Crippen LogP contribution < -0.4 is 10.1 Å². The third kappa shape index (κ3) is 3.54. The number of nitro benzene ring substituents is 1. The molecule has 1 aliphatic carbocycles. The highest BCUT2D eigenvalue weighted by Crippen LogP contribution is 2.43. The van der Waals surface area contributed by atoms with Gasteiger partial charge in [-0.05, 0) is 37.5 Å². The van der Waals surface area contributed by atoms with Crippen LogP contribution in [-0.2, 0) is 5.41 Å². The van der Waals surface area contributed by atoms with Crippen LogP contribution in [0, 0.1) is 10.1 Å². The number of carbonyl (C=O) groups is 1. The highest BCUT2D eigenvalue weighted by molar-refractivity contribution is 5.95. The highest BCUT2D eigenvalue weighted by Gasteiger charge is 2.38. The maximum atomic E-state index is 12.5. The van der Waals surface area contributed by atoms with Gasteiger partial charge in [0.15, 0.2) is 5.75 Å². The summed E-state index contributed by atoms with van der Waals surface area (Å²) in [5, 5.41) is 14.2. The molecule has 0 unspecified atom stereocenters. The van der Waals surface area contributed by atoms with E-state index in [1.165, 1.54) is 17.7 Å². The first-order valence-corrected chi connectivity index (χ1v) is 8.81. The molecule has 6 heteroatoms. The van der Waals surface area contributed by atoms with Crippen LogP contribution in [0.3, 0.4) is 0 Å². The second-order valence-corrected chi connectivity index (χ2v) is 6.56. The molecule has 1 fully saturated rings. The predicted molar refractivity (Wildman–Crippen MR) is 98.6 cm³/mol. The van der Waals surface area contributed by atoms with E-state index in [4.69, 9.17) is 4.74 Å².